The normalized spacial score (nSPS) is 10.9. The average Bonchev–Trinajstić information content (AvgIpc) is 2.84. The third kappa shape index (κ3) is 2.66. The smallest absolute Gasteiger partial charge is 0.347 e. The number of aromatic carboxylic acids is 1. The van der Waals surface area contributed by atoms with E-state index >= 15 is 0 Å². The highest BCUT2D eigenvalue weighted by Crippen LogP contribution is 2.32. The van der Waals surface area contributed by atoms with E-state index in [1.54, 1.807) is 6.20 Å². The van der Waals surface area contributed by atoms with Crippen LogP contribution in [0.15, 0.2) is 18.3 Å². The van der Waals surface area contributed by atoms with Crippen LogP contribution in [0, 0.1) is 0 Å². The number of nitrogens with zero attached hydrogens (tertiary/aromatic N) is 2. The lowest BCUT2D eigenvalue weighted by Gasteiger charge is -2.02. The van der Waals surface area contributed by atoms with Crippen LogP contribution in [0.1, 0.15) is 47.6 Å². The molecule has 2 rings (SSSR count). The maximum Gasteiger partial charge on any atom is 0.347 e. The molecule has 0 radical (unpaired) electrons. The summed E-state index contributed by atoms with van der Waals surface area (Å²) >= 11 is 1.21. The number of hydrogen-bond acceptors (Lipinski definition) is 4. The minimum atomic E-state index is -0.915. The highest BCUT2D eigenvalue weighted by molar-refractivity contribution is 7.17. The molecule has 0 spiro atoms. The molecule has 0 aliphatic rings. The van der Waals surface area contributed by atoms with E-state index in [-0.39, 0.29) is 5.92 Å². The molecule has 2 aromatic heterocycles. The molecule has 0 atom stereocenters. The van der Waals surface area contributed by atoms with E-state index in [1.807, 2.05) is 26.0 Å². The van der Waals surface area contributed by atoms with Gasteiger partial charge in [-0.2, -0.15) is 0 Å². The van der Waals surface area contributed by atoms with E-state index in [2.05, 4.69) is 16.9 Å². The number of hydrogen-bond donors (Lipinski definition) is 1. The summed E-state index contributed by atoms with van der Waals surface area (Å²) in [6.45, 7) is 5.95. The van der Waals surface area contributed by atoms with Crippen LogP contribution in [0.4, 0.5) is 0 Å². The van der Waals surface area contributed by atoms with Crippen molar-refractivity contribution in [2.75, 3.05) is 0 Å². The highest BCUT2D eigenvalue weighted by Gasteiger charge is 2.21. The predicted octanol–water partition coefficient (Wildman–Crippen LogP) is 3.59. The van der Waals surface area contributed by atoms with Crippen molar-refractivity contribution in [3.05, 3.63) is 34.5 Å². The van der Waals surface area contributed by atoms with Crippen molar-refractivity contribution >= 4 is 17.3 Å². The van der Waals surface area contributed by atoms with Gasteiger partial charge in [-0.1, -0.05) is 26.8 Å². The fraction of sp³-hybridized carbons (Fsp3) is 0.357. The Bertz CT molecular complexity index is 605. The number of carboxylic acids is 1. The summed E-state index contributed by atoms with van der Waals surface area (Å²) in [6, 6.07) is 3.89. The Kier molecular flexibility index (Phi) is 3.95. The average molecular weight is 276 g/mol. The lowest BCUT2D eigenvalue weighted by molar-refractivity contribution is 0.0700. The van der Waals surface area contributed by atoms with Gasteiger partial charge in [0.1, 0.15) is 15.6 Å². The highest BCUT2D eigenvalue weighted by atomic mass is 32.1. The maximum absolute atomic E-state index is 11.3. The molecule has 0 unspecified atom stereocenters. The van der Waals surface area contributed by atoms with E-state index < -0.39 is 5.97 Å². The summed E-state index contributed by atoms with van der Waals surface area (Å²) in [5, 5.41) is 9.94. The van der Waals surface area contributed by atoms with Gasteiger partial charge in [-0.05, 0) is 24.0 Å². The molecule has 5 heteroatoms. The molecular weight excluding hydrogens is 260 g/mol. The van der Waals surface area contributed by atoms with Gasteiger partial charge >= 0.3 is 5.97 Å². The second-order valence-electron chi connectivity index (χ2n) is 4.56. The number of aryl methyl sites for hydroxylation is 1. The molecule has 0 saturated carbocycles. The third-order valence-electron chi connectivity index (χ3n) is 2.87. The van der Waals surface area contributed by atoms with Crippen LogP contribution in [0.2, 0.25) is 0 Å². The number of pyridine rings is 1. The predicted molar refractivity (Wildman–Crippen MR) is 75.8 cm³/mol. The lowest BCUT2D eigenvalue weighted by atomic mass is 10.1. The first-order valence-electron chi connectivity index (χ1n) is 6.22. The Balaban J connectivity index is 2.57. The van der Waals surface area contributed by atoms with Crippen LogP contribution in [0.5, 0.6) is 0 Å². The second kappa shape index (κ2) is 5.48. The van der Waals surface area contributed by atoms with Gasteiger partial charge in [0.2, 0.25) is 0 Å². The first-order chi connectivity index (χ1) is 9.04. The van der Waals surface area contributed by atoms with E-state index in [0.717, 1.165) is 17.7 Å². The maximum atomic E-state index is 11.3. The summed E-state index contributed by atoms with van der Waals surface area (Å²) in [5.74, 6) is -0.827. The number of carbonyl (C=O) groups is 1. The van der Waals surface area contributed by atoms with Gasteiger partial charge in [-0.25, -0.2) is 9.78 Å². The van der Waals surface area contributed by atoms with Gasteiger partial charge in [-0.3, -0.25) is 4.98 Å². The molecule has 2 aromatic rings. The molecule has 0 bridgehead atoms. The van der Waals surface area contributed by atoms with Crippen LogP contribution in [0.3, 0.4) is 0 Å². The molecule has 2 heterocycles. The molecule has 0 fully saturated rings. The molecular formula is C14H16N2O2S. The monoisotopic (exact) mass is 276 g/mol. The first-order valence-corrected chi connectivity index (χ1v) is 7.04. The first kappa shape index (κ1) is 13.7. The van der Waals surface area contributed by atoms with Crippen molar-refractivity contribution < 1.29 is 9.90 Å². The summed E-state index contributed by atoms with van der Waals surface area (Å²) in [6.07, 6.45) is 2.56. The zero-order chi connectivity index (χ0) is 14.0. The molecule has 100 valence electrons. The summed E-state index contributed by atoms with van der Waals surface area (Å²) < 4.78 is 0. The zero-order valence-corrected chi connectivity index (χ0v) is 12.0. The van der Waals surface area contributed by atoms with Gasteiger partial charge in [0.15, 0.2) is 0 Å². The summed E-state index contributed by atoms with van der Waals surface area (Å²) in [4.78, 5) is 20.4. The number of aromatic nitrogens is 2. The fourth-order valence-corrected chi connectivity index (χ4v) is 2.99. The van der Waals surface area contributed by atoms with Gasteiger partial charge < -0.3 is 5.11 Å². The Hall–Kier alpha value is -1.75. The molecule has 0 saturated heterocycles. The molecule has 0 aliphatic carbocycles. The van der Waals surface area contributed by atoms with Gasteiger partial charge in [0.25, 0.3) is 0 Å². The van der Waals surface area contributed by atoms with E-state index in [9.17, 15) is 9.90 Å². The molecule has 4 nitrogen and oxygen atoms in total. The SMILES string of the molecule is CCc1cccnc1-c1nc(C(C)C)c(C(=O)O)s1. The van der Waals surface area contributed by atoms with Crippen molar-refractivity contribution in [2.45, 2.75) is 33.1 Å². The number of carboxylic acid groups (broad SMARTS) is 1. The second-order valence-corrected chi connectivity index (χ2v) is 5.56. The topological polar surface area (TPSA) is 63.1 Å². The van der Waals surface area contributed by atoms with Gasteiger partial charge in [-0.15, -0.1) is 11.3 Å². The zero-order valence-electron chi connectivity index (χ0n) is 11.2. The van der Waals surface area contributed by atoms with E-state index in [0.29, 0.717) is 15.6 Å². The van der Waals surface area contributed by atoms with Crippen molar-refractivity contribution in [3.63, 3.8) is 0 Å². The van der Waals surface area contributed by atoms with Crippen molar-refractivity contribution in [2.24, 2.45) is 0 Å². The van der Waals surface area contributed by atoms with Gasteiger partial charge in [0.05, 0.1) is 5.69 Å². The van der Waals surface area contributed by atoms with Crippen molar-refractivity contribution in [3.8, 4) is 10.7 Å². The Morgan fingerprint density at radius 3 is 2.74 bits per heavy atom. The number of thiazole rings is 1. The molecule has 19 heavy (non-hydrogen) atoms. The minimum Gasteiger partial charge on any atom is -0.477 e. The lowest BCUT2D eigenvalue weighted by Crippen LogP contribution is -2.00. The van der Waals surface area contributed by atoms with Crippen LogP contribution >= 0.6 is 11.3 Å². The largest absolute Gasteiger partial charge is 0.477 e. The number of rotatable bonds is 4. The Labute approximate surface area is 116 Å². The van der Waals surface area contributed by atoms with E-state index in [1.165, 1.54) is 11.3 Å². The van der Waals surface area contributed by atoms with Crippen molar-refractivity contribution in [1.82, 2.24) is 9.97 Å². The summed E-state index contributed by atoms with van der Waals surface area (Å²) in [7, 11) is 0. The minimum absolute atomic E-state index is 0.0879. The quantitative estimate of drug-likeness (QED) is 0.927. The Morgan fingerprint density at radius 2 is 2.21 bits per heavy atom. The third-order valence-corrected chi connectivity index (χ3v) is 3.94. The van der Waals surface area contributed by atoms with Crippen LogP contribution in [-0.2, 0) is 6.42 Å². The van der Waals surface area contributed by atoms with Gasteiger partial charge in [0, 0.05) is 6.20 Å². The molecule has 0 aromatic carbocycles. The van der Waals surface area contributed by atoms with Crippen LogP contribution < -0.4 is 0 Å². The molecule has 0 aliphatic heterocycles. The standard InChI is InChI=1S/C14H16N2O2S/c1-4-9-6-5-7-15-11(9)13-16-10(8(2)3)12(19-13)14(17)18/h5-8H,4H2,1-3H3,(H,17,18). The fourth-order valence-electron chi connectivity index (χ4n) is 1.89. The molecule has 1 N–H and O–H groups in total. The molecule has 0 amide bonds. The summed E-state index contributed by atoms with van der Waals surface area (Å²) in [5.41, 5.74) is 2.52. The van der Waals surface area contributed by atoms with Crippen LogP contribution in [0.25, 0.3) is 10.7 Å². The van der Waals surface area contributed by atoms with E-state index in [4.69, 9.17) is 0 Å². The van der Waals surface area contributed by atoms with Crippen LogP contribution in [-0.4, -0.2) is 21.0 Å². The van der Waals surface area contributed by atoms with Crippen molar-refractivity contribution in [1.29, 1.82) is 0 Å². The Morgan fingerprint density at radius 1 is 1.47 bits per heavy atom.